The van der Waals surface area contributed by atoms with E-state index in [9.17, 15) is 4.79 Å². The second-order valence-electron chi connectivity index (χ2n) is 3.14. The molecule has 0 saturated heterocycles. The molecule has 0 fully saturated rings. The van der Waals surface area contributed by atoms with E-state index in [1.807, 2.05) is 0 Å². The Labute approximate surface area is 57.5 Å². The van der Waals surface area contributed by atoms with Crippen molar-refractivity contribution in [3.8, 4) is 0 Å². The maximum atomic E-state index is 10.00. The van der Waals surface area contributed by atoms with E-state index in [-0.39, 0.29) is 0 Å². The first-order valence-electron chi connectivity index (χ1n) is 3.60. The standard InChI is InChI=1S/C8H16O/c1-7(2)6-8(3)4-5-9/h5,7-8H,4,6H2,1-3H3. The monoisotopic (exact) mass is 128 g/mol. The minimum absolute atomic E-state index is 0.572. The van der Waals surface area contributed by atoms with Crippen molar-refractivity contribution < 1.29 is 4.79 Å². The molecule has 0 N–H and O–H groups in total. The van der Waals surface area contributed by atoms with Crippen molar-refractivity contribution in [2.24, 2.45) is 11.8 Å². The minimum atomic E-state index is 0.572. The van der Waals surface area contributed by atoms with Crippen LogP contribution in [0, 0.1) is 11.8 Å². The van der Waals surface area contributed by atoms with Crippen molar-refractivity contribution in [1.29, 1.82) is 0 Å². The van der Waals surface area contributed by atoms with E-state index in [1.54, 1.807) is 0 Å². The molecule has 0 aromatic rings. The van der Waals surface area contributed by atoms with Crippen LogP contribution in [0.4, 0.5) is 0 Å². The van der Waals surface area contributed by atoms with Crippen molar-refractivity contribution in [3.05, 3.63) is 0 Å². The van der Waals surface area contributed by atoms with Gasteiger partial charge >= 0.3 is 0 Å². The summed E-state index contributed by atoms with van der Waals surface area (Å²) < 4.78 is 0. The van der Waals surface area contributed by atoms with Crippen LogP contribution in [0.5, 0.6) is 0 Å². The largest absolute Gasteiger partial charge is 0.303 e. The van der Waals surface area contributed by atoms with E-state index < -0.39 is 0 Å². The molecule has 0 radical (unpaired) electrons. The topological polar surface area (TPSA) is 17.1 Å². The zero-order valence-corrected chi connectivity index (χ0v) is 6.55. The van der Waals surface area contributed by atoms with Crippen molar-refractivity contribution in [2.45, 2.75) is 33.6 Å². The third-order valence-corrected chi connectivity index (χ3v) is 1.37. The molecule has 54 valence electrons. The zero-order chi connectivity index (χ0) is 7.28. The molecule has 1 atom stereocenters. The molecule has 1 heteroatoms. The number of rotatable bonds is 4. The third-order valence-electron chi connectivity index (χ3n) is 1.37. The van der Waals surface area contributed by atoms with E-state index >= 15 is 0 Å². The number of aldehydes is 1. The van der Waals surface area contributed by atoms with Gasteiger partial charge in [0, 0.05) is 6.42 Å². The van der Waals surface area contributed by atoms with Crippen LogP contribution in [0.25, 0.3) is 0 Å². The molecule has 1 unspecified atom stereocenters. The van der Waals surface area contributed by atoms with Gasteiger partial charge in [0.15, 0.2) is 0 Å². The van der Waals surface area contributed by atoms with E-state index in [4.69, 9.17) is 0 Å². The highest BCUT2D eigenvalue weighted by Crippen LogP contribution is 2.12. The number of carbonyl (C=O) groups is 1. The summed E-state index contributed by atoms with van der Waals surface area (Å²) in [7, 11) is 0. The van der Waals surface area contributed by atoms with Crippen molar-refractivity contribution in [1.82, 2.24) is 0 Å². The molecule has 0 heterocycles. The molecule has 0 aromatic heterocycles. The van der Waals surface area contributed by atoms with Crippen LogP contribution in [0.1, 0.15) is 33.6 Å². The third kappa shape index (κ3) is 5.54. The highest BCUT2D eigenvalue weighted by atomic mass is 16.1. The number of carbonyl (C=O) groups excluding carboxylic acids is 1. The van der Waals surface area contributed by atoms with Crippen molar-refractivity contribution in [2.75, 3.05) is 0 Å². The molecule has 0 spiro atoms. The number of hydrogen-bond acceptors (Lipinski definition) is 1. The Morgan fingerprint density at radius 3 is 2.22 bits per heavy atom. The van der Waals surface area contributed by atoms with E-state index in [0.717, 1.165) is 18.6 Å². The van der Waals surface area contributed by atoms with Crippen LogP contribution in [-0.4, -0.2) is 6.29 Å². The first-order chi connectivity index (χ1) is 4.16. The van der Waals surface area contributed by atoms with Crippen molar-refractivity contribution >= 4 is 6.29 Å². The fourth-order valence-electron chi connectivity index (χ4n) is 1.07. The lowest BCUT2D eigenvalue weighted by Gasteiger charge is -2.09. The lowest BCUT2D eigenvalue weighted by atomic mass is 9.97. The Hall–Kier alpha value is -0.330. The average molecular weight is 128 g/mol. The summed E-state index contributed by atoms with van der Waals surface area (Å²) >= 11 is 0. The van der Waals surface area contributed by atoms with Crippen LogP contribution in [0.15, 0.2) is 0 Å². The first kappa shape index (κ1) is 8.67. The van der Waals surface area contributed by atoms with Gasteiger partial charge in [0.05, 0.1) is 0 Å². The minimum Gasteiger partial charge on any atom is -0.303 e. The van der Waals surface area contributed by atoms with Gasteiger partial charge in [0.1, 0.15) is 6.29 Å². The fraction of sp³-hybridized carbons (Fsp3) is 0.875. The second-order valence-corrected chi connectivity index (χ2v) is 3.14. The van der Waals surface area contributed by atoms with Crippen molar-refractivity contribution in [3.63, 3.8) is 0 Å². The molecule has 0 rings (SSSR count). The van der Waals surface area contributed by atoms with Gasteiger partial charge in [-0.1, -0.05) is 20.8 Å². The molecule has 0 saturated carbocycles. The smallest absolute Gasteiger partial charge is 0.120 e. The van der Waals surface area contributed by atoms with E-state index in [0.29, 0.717) is 5.92 Å². The summed E-state index contributed by atoms with van der Waals surface area (Å²) in [6.45, 7) is 6.48. The molecule has 0 amide bonds. The molecular formula is C8H16O. The Morgan fingerprint density at radius 1 is 1.33 bits per heavy atom. The Balaban J connectivity index is 3.25. The predicted molar refractivity (Wildman–Crippen MR) is 39.3 cm³/mol. The predicted octanol–water partition coefficient (Wildman–Crippen LogP) is 2.26. The molecule has 0 bridgehead atoms. The van der Waals surface area contributed by atoms with Crippen LogP contribution in [-0.2, 0) is 4.79 Å². The van der Waals surface area contributed by atoms with Crippen LogP contribution < -0.4 is 0 Å². The maximum absolute atomic E-state index is 10.00. The van der Waals surface area contributed by atoms with Gasteiger partial charge in [-0.2, -0.15) is 0 Å². The summed E-state index contributed by atoms with van der Waals surface area (Å²) in [4.78, 5) is 10.00. The highest BCUT2D eigenvalue weighted by Gasteiger charge is 2.02. The van der Waals surface area contributed by atoms with Gasteiger partial charge in [-0.3, -0.25) is 0 Å². The normalized spacial score (nSPS) is 13.8. The molecule has 0 aromatic carbocycles. The summed E-state index contributed by atoms with van der Waals surface area (Å²) in [6.07, 6.45) is 2.89. The van der Waals surface area contributed by atoms with Gasteiger partial charge in [0.2, 0.25) is 0 Å². The summed E-state index contributed by atoms with van der Waals surface area (Å²) in [5, 5.41) is 0. The summed E-state index contributed by atoms with van der Waals surface area (Å²) in [5.41, 5.74) is 0. The summed E-state index contributed by atoms with van der Waals surface area (Å²) in [5.74, 6) is 1.29. The van der Waals surface area contributed by atoms with Crippen LogP contribution >= 0.6 is 0 Å². The Bertz CT molecular complexity index is 76.6. The molecule has 0 aliphatic heterocycles. The molecule has 0 aliphatic rings. The molecule has 9 heavy (non-hydrogen) atoms. The average Bonchev–Trinajstić information content (AvgIpc) is 1.63. The maximum Gasteiger partial charge on any atom is 0.120 e. The van der Waals surface area contributed by atoms with E-state index in [2.05, 4.69) is 20.8 Å². The molecule has 1 nitrogen and oxygen atoms in total. The first-order valence-corrected chi connectivity index (χ1v) is 3.60. The van der Waals surface area contributed by atoms with Gasteiger partial charge in [-0.15, -0.1) is 0 Å². The SMILES string of the molecule is CC(C)CC(C)CC=O. The van der Waals surface area contributed by atoms with Gasteiger partial charge in [0.25, 0.3) is 0 Å². The van der Waals surface area contributed by atoms with Gasteiger partial charge in [-0.25, -0.2) is 0 Å². The molecular weight excluding hydrogens is 112 g/mol. The molecule has 0 aliphatic carbocycles. The number of hydrogen-bond donors (Lipinski definition) is 0. The van der Waals surface area contributed by atoms with Gasteiger partial charge in [-0.05, 0) is 18.3 Å². The Kier molecular flexibility index (Phi) is 4.37. The van der Waals surface area contributed by atoms with Crippen LogP contribution in [0.2, 0.25) is 0 Å². The van der Waals surface area contributed by atoms with Crippen LogP contribution in [0.3, 0.4) is 0 Å². The quantitative estimate of drug-likeness (QED) is 0.531. The highest BCUT2D eigenvalue weighted by molar-refractivity contribution is 5.49. The summed E-state index contributed by atoms with van der Waals surface area (Å²) in [6, 6.07) is 0. The Morgan fingerprint density at radius 2 is 1.89 bits per heavy atom. The lowest BCUT2D eigenvalue weighted by Crippen LogP contribution is -1.99. The second kappa shape index (κ2) is 4.54. The zero-order valence-electron chi connectivity index (χ0n) is 6.55. The lowest BCUT2D eigenvalue weighted by molar-refractivity contribution is -0.108. The van der Waals surface area contributed by atoms with Gasteiger partial charge < -0.3 is 4.79 Å². The fourth-order valence-corrected chi connectivity index (χ4v) is 1.07. The van der Waals surface area contributed by atoms with E-state index in [1.165, 1.54) is 6.42 Å².